The number of sulfone groups is 1. The first-order valence-electron chi connectivity index (χ1n) is 11.1. The summed E-state index contributed by atoms with van der Waals surface area (Å²) in [6.45, 7) is 3.48. The zero-order chi connectivity index (χ0) is 19.0. The predicted octanol–water partition coefficient (Wildman–Crippen LogP) is 5.72. The van der Waals surface area contributed by atoms with E-state index in [1.165, 1.54) is 57.8 Å². The molecule has 0 N–H and O–H groups in total. The first-order valence-corrected chi connectivity index (χ1v) is 12.8. The summed E-state index contributed by atoms with van der Waals surface area (Å²) in [6.07, 6.45) is 16.0. The fourth-order valence-corrected chi connectivity index (χ4v) is 6.18. The molecule has 0 heterocycles. The van der Waals surface area contributed by atoms with Crippen molar-refractivity contribution in [3.63, 3.8) is 0 Å². The lowest BCUT2D eigenvalue weighted by molar-refractivity contribution is -0.121. The van der Waals surface area contributed by atoms with Crippen molar-refractivity contribution in [3.8, 4) is 0 Å². The molecule has 26 heavy (non-hydrogen) atoms. The molecule has 0 amide bonds. The van der Waals surface area contributed by atoms with E-state index in [1.807, 2.05) is 0 Å². The second-order valence-electron chi connectivity index (χ2n) is 9.08. The molecule has 2 unspecified atom stereocenters. The minimum atomic E-state index is -2.93. The predicted molar refractivity (Wildman–Crippen MR) is 109 cm³/mol. The topological polar surface area (TPSA) is 51.2 Å². The Morgan fingerprint density at radius 1 is 0.885 bits per heavy atom. The molecule has 0 aromatic rings. The maximum absolute atomic E-state index is 12.5. The summed E-state index contributed by atoms with van der Waals surface area (Å²) >= 11 is 0. The van der Waals surface area contributed by atoms with Crippen LogP contribution in [0.4, 0.5) is 0 Å². The quantitative estimate of drug-likeness (QED) is 0.453. The van der Waals surface area contributed by atoms with Crippen LogP contribution in [0.15, 0.2) is 0 Å². The zero-order valence-electron chi connectivity index (χ0n) is 17.0. The van der Waals surface area contributed by atoms with Gasteiger partial charge in [-0.25, -0.2) is 8.42 Å². The minimum absolute atomic E-state index is 0.269. The number of Topliss-reactive ketones (excluding diaryl/α,β-unsaturated/α-hetero) is 1. The van der Waals surface area contributed by atoms with Gasteiger partial charge in [-0.05, 0) is 57.3 Å². The largest absolute Gasteiger partial charge is 0.300 e. The number of rotatable bonds is 10. The molecule has 2 aliphatic carbocycles. The van der Waals surface area contributed by atoms with Gasteiger partial charge in [0.2, 0.25) is 0 Å². The van der Waals surface area contributed by atoms with Gasteiger partial charge >= 0.3 is 0 Å². The van der Waals surface area contributed by atoms with Crippen LogP contribution in [0.1, 0.15) is 104 Å². The summed E-state index contributed by atoms with van der Waals surface area (Å²) in [7, 11) is -2.93. The molecule has 0 radical (unpaired) electrons. The van der Waals surface area contributed by atoms with Crippen LogP contribution in [0.2, 0.25) is 0 Å². The van der Waals surface area contributed by atoms with Crippen molar-refractivity contribution >= 4 is 15.6 Å². The van der Waals surface area contributed by atoms with Gasteiger partial charge in [0.05, 0.1) is 11.0 Å². The first kappa shape index (κ1) is 21.9. The highest BCUT2D eigenvalue weighted by molar-refractivity contribution is 7.91. The SMILES string of the molecule is CC(C)S(=O)(=O)CCCCCC(=O)CC1CCCCC1C1CCCCC1. The molecule has 0 aliphatic heterocycles. The summed E-state index contributed by atoms with van der Waals surface area (Å²) in [5, 5.41) is -0.285. The smallest absolute Gasteiger partial charge is 0.152 e. The van der Waals surface area contributed by atoms with Crippen LogP contribution >= 0.6 is 0 Å². The van der Waals surface area contributed by atoms with Crippen LogP contribution in [0.25, 0.3) is 0 Å². The lowest BCUT2D eigenvalue weighted by atomic mass is 9.66. The molecule has 0 spiro atoms. The fourth-order valence-electron chi connectivity index (χ4n) is 5.11. The zero-order valence-corrected chi connectivity index (χ0v) is 17.9. The van der Waals surface area contributed by atoms with Crippen molar-refractivity contribution in [1.29, 1.82) is 0 Å². The van der Waals surface area contributed by atoms with Crippen molar-refractivity contribution in [1.82, 2.24) is 0 Å². The average molecular weight is 385 g/mol. The second kappa shape index (κ2) is 10.8. The molecule has 2 aliphatic rings. The van der Waals surface area contributed by atoms with Crippen molar-refractivity contribution < 1.29 is 13.2 Å². The third-order valence-corrected chi connectivity index (χ3v) is 9.11. The van der Waals surface area contributed by atoms with E-state index in [1.54, 1.807) is 13.8 Å². The molecule has 4 heteroatoms. The third-order valence-electron chi connectivity index (χ3n) is 6.82. The van der Waals surface area contributed by atoms with Crippen LogP contribution < -0.4 is 0 Å². The minimum Gasteiger partial charge on any atom is -0.300 e. The highest BCUT2D eigenvalue weighted by atomic mass is 32.2. The third kappa shape index (κ3) is 6.98. The van der Waals surface area contributed by atoms with E-state index in [0.717, 1.165) is 31.1 Å². The summed E-state index contributed by atoms with van der Waals surface area (Å²) in [5.74, 6) is 2.99. The highest BCUT2D eigenvalue weighted by Gasteiger charge is 2.33. The van der Waals surface area contributed by atoms with Crippen LogP contribution in [0, 0.1) is 17.8 Å². The average Bonchev–Trinajstić information content (AvgIpc) is 2.62. The van der Waals surface area contributed by atoms with Crippen LogP contribution in [-0.4, -0.2) is 25.2 Å². The van der Waals surface area contributed by atoms with E-state index in [2.05, 4.69) is 0 Å². The summed E-state index contributed by atoms with van der Waals surface area (Å²) < 4.78 is 23.6. The molecular formula is C22H40O3S. The van der Waals surface area contributed by atoms with E-state index >= 15 is 0 Å². The van der Waals surface area contributed by atoms with E-state index in [4.69, 9.17) is 0 Å². The molecule has 152 valence electrons. The number of unbranched alkanes of at least 4 members (excludes halogenated alkanes) is 2. The molecule has 0 saturated heterocycles. The van der Waals surface area contributed by atoms with Crippen LogP contribution in [-0.2, 0) is 14.6 Å². The van der Waals surface area contributed by atoms with Gasteiger partial charge in [-0.1, -0.05) is 51.4 Å². The lowest BCUT2D eigenvalue weighted by Gasteiger charge is -2.39. The van der Waals surface area contributed by atoms with Gasteiger partial charge < -0.3 is 0 Å². The van der Waals surface area contributed by atoms with E-state index < -0.39 is 9.84 Å². The Labute approximate surface area is 161 Å². The molecule has 3 nitrogen and oxygen atoms in total. The fraction of sp³-hybridized carbons (Fsp3) is 0.955. The summed E-state index contributed by atoms with van der Waals surface area (Å²) in [6, 6.07) is 0. The molecule has 0 aromatic heterocycles. The normalized spacial score (nSPS) is 25.5. The van der Waals surface area contributed by atoms with Crippen LogP contribution in [0.5, 0.6) is 0 Å². The number of hydrogen-bond acceptors (Lipinski definition) is 3. The first-order chi connectivity index (χ1) is 12.4. The standard InChI is InChI=1S/C22H40O3S/c1-18(2)26(24,25)16-10-4-7-14-21(23)17-20-13-8-9-15-22(20)19-11-5-3-6-12-19/h18-20,22H,3-17H2,1-2H3. The Bertz CT molecular complexity index is 518. The number of ketones is 1. The van der Waals surface area contributed by atoms with E-state index in [9.17, 15) is 13.2 Å². The Balaban J connectivity index is 1.68. The highest BCUT2D eigenvalue weighted by Crippen LogP contribution is 2.43. The van der Waals surface area contributed by atoms with E-state index in [0.29, 0.717) is 24.5 Å². The molecular weight excluding hydrogens is 344 g/mol. The molecule has 2 saturated carbocycles. The summed E-state index contributed by atoms with van der Waals surface area (Å²) in [4.78, 5) is 12.5. The van der Waals surface area contributed by atoms with Gasteiger partial charge in [0.25, 0.3) is 0 Å². The van der Waals surface area contributed by atoms with Gasteiger partial charge in [-0.3, -0.25) is 4.79 Å². The van der Waals surface area contributed by atoms with Crippen molar-refractivity contribution in [3.05, 3.63) is 0 Å². The van der Waals surface area contributed by atoms with Gasteiger partial charge in [-0.15, -0.1) is 0 Å². The Hall–Kier alpha value is -0.380. The molecule has 2 fully saturated rings. The molecule has 2 atom stereocenters. The van der Waals surface area contributed by atoms with Gasteiger partial charge in [0, 0.05) is 12.8 Å². The number of carbonyl (C=O) groups is 1. The monoisotopic (exact) mass is 384 g/mol. The molecule has 2 rings (SSSR count). The van der Waals surface area contributed by atoms with Gasteiger partial charge in [-0.2, -0.15) is 0 Å². The Kier molecular flexibility index (Phi) is 9.12. The second-order valence-corrected chi connectivity index (χ2v) is 11.8. The number of carbonyl (C=O) groups excluding carboxylic acids is 1. The molecule has 0 aromatic carbocycles. The van der Waals surface area contributed by atoms with Crippen molar-refractivity contribution in [2.75, 3.05) is 5.75 Å². The Morgan fingerprint density at radius 2 is 1.54 bits per heavy atom. The Morgan fingerprint density at radius 3 is 2.23 bits per heavy atom. The van der Waals surface area contributed by atoms with E-state index in [-0.39, 0.29) is 11.0 Å². The maximum atomic E-state index is 12.5. The van der Waals surface area contributed by atoms with Gasteiger partial charge in [0.15, 0.2) is 9.84 Å². The lowest BCUT2D eigenvalue weighted by Crippen LogP contribution is -2.30. The van der Waals surface area contributed by atoms with Crippen molar-refractivity contribution in [2.24, 2.45) is 17.8 Å². The molecule has 0 bridgehead atoms. The van der Waals surface area contributed by atoms with Crippen molar-refractivity contribution in [2.45, 2.75) is 109 Å². The summed E-state index contributed by atoms with van der Waals surface area (Å²) in [5.41, 5.74) is 0. The maximum Gasteiger partial charge on any atom is 0.152 e. The van der Waals surface area contributed by atoms with Crippen LogP contribution in [0.3, 0.4) is 0 Å². The van der Waals surface area contributed by atoms with Gasteiger partial charge in [0.1, 0.15) is 5.78 Å². The number of hydrogen-bond donors (Lipinski definition) is 0.